The molecule has 1 aromatic heterocycles. The molecule has 160 valence electrons. The molecular weight excluding hydrogens is 426 g/mol. The molecule has 0 saturated carbocycles. The SMILES string of the molecule is O=C(NCc1ccccc1)c1nnn(/N=C\c2ccc(Cl)cc2)c1OCc1ccccc1. The van der Waals surface area contributed by atoms with Crippen LogP contribution < -0.4 is 10.1 Å². The molecule has 7 nitrogen and oxygen atoms in total. The molecule has 0 saturated heterocycles. The first-order valence-corrected chi connectivity index (χ1v) is 10.3. The fourth-order valence-corrected chi connectivity index (χ4v) is 2.99. The Morgan fingerprint density at radius 1 is 0.969 bits per heavy atom. The van der Waals surface area contributed by atoms with E-state index in [9.17, 15) is 4.79 Å². The quantitative estimate of drug-likeness (QED) is 0.409. The first-order chi connectivity index (χ1) is 15.7. The summed E-state index contributed by atoms with van der Waals surface area (Å²) in [4.78, 5) is 14.0. The molecule has 0 aliphatic carbocycles. The van der Waals surface area contributed by atoms with Gasteiger partial charge in [-0.15, -0.1) is 5.10 Å². The largest absolute Gasteiger partial charge is 0.470 e. The minimum absolute atomic E-state index is 0.0603. The molecule has 3 aromatic carbocycles. The summed E-state index contributed by atoms with van der Waals surface area (Å²) in [5, 5.41) is 15.8. The first-order valence-electron chi connectivity index (χ1n) is 9.93. The van der Waals surface area contributed by atoms with Gasteiger partial charge in [-0.2, -0.15) is 5.10 Å². The number of nitrogens with zero attached hydrogens (tertiary/aromatic N) is 4. The monoisotopic (exact) mass is 445 g/mol. The number of ether oxygens (including phenoxy) is 1. The molecule has 32 heavy (non-hydrogen) atoms. The number of rotatable bonds is 8. The van der Waals surface area contributed by atoms with Gasteiger partial charge < -0.3 is 10.1 Å². The number of carbonyl (C=O) groups excluding carboxylic acids is 1. The maximum atomic E-state index is 12.8. The first kappa shape index (κ1) is 21.3. The summed E-state index contributed by atoms with van der Waals surface area (Å²) in [5.41, 5.74) is 2.79. The Morgan fingerprint density at radius 3 is 2.31 bits per heavy atom. The number of hydrogen-bond acceptors (Lipinski definition) is 5. The van der Waals surface area contributed by atoms with Crippen LogP contribution in [0.2, 0.25) is 5.02 Å². The van der Waals surface area contributed by atoms with E-state index in [0.717, 1.165) is 16.7 Å². The van der Waals surface area contributed by atoms with Crippen molar-refractivity contribution in [1.82, 2.24) is 20.4 Å². The second-order valence-corrected chi connectivity index (χ2v) is 7.31. The standard InChI is InChI=1S/C24H20ClN5O2/c25-21-13-11-19(12-14-21)16-27-30-24(32-17-20-9-5-2-6-10-20)22(28-29-30)23(31)26-15-18-7-3-1-4-8-18/h1-14,16H,15,17H2,(H,26,31)/b27-16-. The van der Waals surface area contributed by atoms with Crippen molar-refractivity contribution in [2.24, 2.45) is 5.10 Å². The van der Waals surface area contributed by atoms with Crippen LogP contribution in [-0.2, 0) is 13.2 Å². The van der Waals surface area contributed by atoms with Gasteiger partial charge in [-0.3, -0.25) is 4.79 Å². The van der Waals surface area contributed by atoms with Crippen molar-refractivity contribution >= 4 is 23.7 Å². The van der Waals surface area contributed by atoms with Crippen LogP contribution in [0.25, 0.3) is 0 Å². The van der Waals surface area contributed by atoms with Gasteiger partial charge >= 0.3 is 0 Å². The lowest BCUT2D eigenvalue weighted by Gasteiger charge is -2.08. The topological polar surface area (TPSA) is 81.4 Å². The number of benzene rings is 3. The minimum Gasteiger partial charge on any atom is -0.470 e. The average Bonchev–Trinajstić information content (AvgIpc) is 3.25. The van der Waals surface area contributed by atoms with E-state index in [-0.39, 0.29) is 18.2 Å². The molecular formula is C24H20ClN5O2. The van der Waals surface area contributed by atoms with Crippen LogP contribution in [0.15, 0.2) is 90.0 Å². The predicted molar refractivity (Wildman–Crippen MR) is 123 cm³/mol. The molecule has 0 aliphatic heterocycles. The molecule has 4 rings (SSSR count). The fourth-order valence-electron chi connectivity index (χ4n) is 2.87. The Hall–Kier alpha value is -3.97. The van der Waals surface area contributed by atoms with Crippen LogP contribution in [0.5, 0.6) is 5.88 Å². The highest BCUT2D eigenvalue weighted by atomic mass is 35.5. The predicted octanol–water partition coefficient (Wildman–Crippen LogP) is 4.32. The Morgan fingerprint density at radius 2 is 1.62 bits per heavy atom. The molecule has 4 aromatic rings. The van der Waals surface area contributed by atoms with Crippen molar-refractivity contribution in [2.75, 3.05) is 0 Å². The van der Waals surface area contributed by atoms with E-state index in [1.165, 1.54) is 4.79 Å². The lowest BCUT2D eigenvalue weighted by atomic mass is 10.2. The summed E-state index contributed by atoms with van der Waals surface area (Å²) in [5.74, 6) is -0.241. The van der Waals surface area contributed by atoms with Crippen LogP contribution >= 0.6 is 11.6 Å². The van der Waals surface area contributed by atoms with Crippen molar-refractivity contribution in [3.8, 4) is 5.88 Å². The van der Waals surface area contributed by atoms with Gasteiger partial charge in [0.25, 0.3) is 11.8 Å². The van der Waals surface area contributed by atoms with E-state index in [4.69, 9.17) is 16.3 Å². The Bertz CT molecular complexity index is 1190. The minimum atomic E-state index is -0.398. The normalized spacial score (nSPS) is 10.9. The lowest BCUT2D eigenvalue weighted by Crippen LogP contribution is -2.24. The number of amides is 1. The Labute approximate surface area is 190 Å². The van der Waals surface area contributed by atoms with E-state index in [2.05, 4.69) is 20.7 Å². The number of halogens is 1. The molecule has 1 heterocycles. The summed E-state index contributed by atoms with van der Waals surface area (Å²) in [7, 11) is 0. The van der Waals surface area contributed by atoms with Crippen molar-refractivity contribution in [3.63, 3.8) is 0 Å². The number of nitrogens with one attached hydrogen (secondary N) is 1. The highest BCUT2D eigenvalue weighted by Crippen LogP contribution is 2.18. The van der Waals surface area contributed by atoms with Gasteiger partial charge in [0.05, 0.1) is 6.21 Å². The van der Waals surface area contributed by atoms with Gasteiger partial charge in [0, 0.05) is 11.6 Å². The third-order valence-corrected chi connectivity index (χ3v) is 4.78. The number of aromatic nitrogens is 3. The highest BCUT2D eigenvalue weighted by Gasteiger charge is 2.21. The van der Waals surface area contributed by atoms with E-state index < -0.39 is 5.91 Å². The molecule has 0 fully saturated rings. The molecule has 8 heteroatoms. The van der Waals surface area contributed by atoms with Gasteiger partial charge in [-0.1, -0.05) is 89.2 Å². The molecule has 0 radical (unpaired) electrons. The van der Waals surface area contributed by atoms with Gasteiger partial charge in [-0.25, -0.2) is 0 Å². The lowest BCUT2D eigenvalue weighted by molar-refractivity contribution is 0.0940. The van der Waals surface area contributed by atoms with Gasteiger partial charge in [0.2, 0.25) is 5.69 Å². The third-order valence-electron chi connectivity index (χ3n) is 4.53. The second kappa shape index (κ2) is 10.4. The molecule has 1 amide bonds. The zero-order valence-corrected chi connectivity index (χ0v) is 17.8. The van der Waals surface area contributed by atoms with E-state index >= 15 is 0 Å². The maximum absolute atomic E-state index is 12.8. The van der Waals surface area contributed by atoms with Crippen LogP contribution in [0.4, 0.5) is 0 Å². The summed E-state index contributed by atoms with van der Waals surface area (Å²) in [6, 6.07) is 26.4. The van der Waals surface area contributed by atoms with Gasteiger partial charge in [0.15, 0.2) is 0 Å². The van der Waals surface area contributed by atoms with Crippen LogP contribution in [0.3, 0.4) is 0 Å². The van der Waals surface area contributed by atoms with E-state index in [1.54, 1.807) is 18.3 Å². The van der Waals surface area contributed by atoms with E-state index in [0.29, 0.717) is 11.6 Å². The van der Waals surface area contributed by atoms with Crippen LogP contribution in [-0.4, -0.2) is 27.2 Å². The Kier molecular flexibility index (Phi) is 6.89. The summed E-state index contributed by atoms with van der Waals surface area (Å²) in [6.07, 6.45) is 1.59. The van der Waals surface area contributed by atoms with Crippen molar-refractivity contribution in [1.29, 1.82) is 0 Å². The summed E-state index contributed by atoms with van der Waals surface area (Å²) in [6.45, 7) is 0.600. The second-order valence-electron chi connectivity index (χ2n) is 6.87. The summed E-state index contributed by atoms with van der Waals surface area (Å²) >= 11 is 5.93. The van der Waals surface area contributed by atoms with Gasteiger partial charge in [0.1, 0.15) is 6.61 Å². The maximum Gasteiger partial charge on any atom is 0.277 e. The fraction of sp³-hybridized carbons (Fsp3) is 0.0833. The van der Waals surface area contributed by atoms with Crippen molar-refractivity contribution < 1.29 is 9.53 Å². The van der Waals surface area contributed by atoms with Gasteiger partial charge in [-0.05, 0) is 34.0 Å². The zero-order chi connectivity index (χ0) is 22.2. The smallest absolute Gasteiger partial charge is 0.277 e. The molecule has 0 unspecified atom stereocenters. The van der Waals surface area contributed by atoms with E-state index in [1.807, 2.05) is 72.8 Å². The summed E-state index contributed by atoms with van der Waals surface area (Å²) < 4.78 is 5.92. The zero-order valence-electron chi connectivity index (χ0n) is 17.1. The molecule has 1 N–H and O–H groups in total. The number of hydrogen-bond donors (Lipinski definition) is 1. The highest BCUT2D eigenvalue weighted by molar-refractivity contribution is 6.30. The van der Waals surface area contributed by atoms with Crippen molar-refractivity contribution in [2.45, 2.75) is 13.2 Å². The van der Waals surface area contributed by atoms with Crippen molar-refractivity contribution in [3.05, 3.63) is 112 Å². The van der Waals surface area contributed by atoms with Crippen LogP contribution in [0, 0.1) is 0 Å². The average molecular weight is 446 g/mol. The Balaban J connectivity index is 1.55. The van der Waals surface area contributed by atoms with Crippen LogP contribution in [0.1, 0.15) is 27.2 Å². The molecule has 0 atom stereocenters. The number of carbonyl (C=O) groups is 1. The molecule has 0 spiro atoms. The third kappa shape index (κ3) is 5.59. The molecule has 0 bridgehead atoms. The molecule has 0 aliphatic rings.